The number of rotatable bonds is 4. The van der Waals surface area contributed by atoms with E-state index in [1.165, 1.54) is 69.7 Å². The number of hydrogen-bond acceptors (Lipinski definition) is 3. The van der Waals surface area contributed by atoms with E-state index < -0.39 is 0 Å². The smallest absolute Gasteiger partial charge is 0.0345 e. The zero-order chi connectivity index (χ0) is 14.1. The molecule has 0 amide bonds. The van der Waals surface area contributed by atoms with Gasteiger partial charge in [-0.05, 0) is 68.9 Å². The van der Waals surface area contributed by atoms with Gasteiger partial charge in [0.15, 0.2) is 0 Å². The number of likely N-dealkylation sites (tertiary alicyclic amines) is 1. The Labute approximate surface area is 128 Å². The zero-order valence-electron chi connectivity index (χ0n) is 12.9. The van der Waals surface area contributed by atoms with Crippen LogP contribution in [0.3, 0.4) is 0 Å². The van der Waals surface area contributed by atoms with Gasteiger partial charge in [0.1, 0.15) is 0 Å². The summed E-state index contributed by atoms with van der Waals surface area (Å²) in [6, 6.07) is 9.80. The van der Waals surface area contributed by atoms with Crippen molar-refractivity contribution in [2.45, 2.75) is 38.3 Å². The lowest BCUT2D eigenvalue weighted by molar-refractivity contribution is 0.255. The van der Waals surface area contributed by atoms with Crippen molar-refractivity contribution in [3.63, 3.8) is 0 Å². The fourth-order valence-corrected chi connectivity index (χ4v) is 4.31. The molecule has 1 aromatic rings. The Hall–Kier alpha value is -1.06. The van der Waals surface area contributed by atoms with Gasteiger partial charge < -0.3 is 10.2 Å². The minimum Gasteiger partial charge on any atom is -0.382 e. The normalized spacial score (nSPS) is 32.5. The highest BCUT2D eigenvalue weighted by Crippen LogP contribution is 2.29. The van der Waals surface area contributed by atoms with Crippen molar-refractivity contribution < 1.29 is 0 Å². The molecule has 0 radical (unpaired) electrons. The highest BCUT2D eigenvalue weighted by Gasteiger charge is 2.34. The van der Waals surface area contributed by atoms with Crippen molar-refractivity contribution >= 4 is 5.69 Å². The van der Waals surface area contributed by atoms with Crippen LogP contribution in [0.2, 0.25) is 0 Å². The van der Waals surface area contributed by atoms with Crippen molar-refractivity contribution in [3.8, 4) is 0 Å². The van der Waals surface area contributed by atoms with Crippen LogP contribution in [0.25, 0.3) is 0 Å². The summed E-state index contributed by atoms with van der Waals surface area (Å²) < 4.78 is 0. The number of nitrogens with zero attached hydrogens (tertiary/aromatic N) is 2. The maximum Gasteiger partial charge on any atom is 0.0345 e. The molecule has 3 saturated heterocycles. The molecule has 3 atom stereocenters. The zero-order valence-corrected chi connectivity index (χ0v) is 12.9. The van der Waals surface area contributed by atoms with Crippen molar-refractivity contribution in [3.05, 3.63) is 29.8 Å². The Bertz CT molecular complexity index is 481. The molecule has 3 fully saturated rings. The highest BCUT2D eigenvalue weighted by atomic mass is 15.2. The lowest BCUT2D eigenvalue weighted by Crippen LogP contribution is -2.39. The number of hydrogen-bond donors (Lipinski definition) is 1. The molecule has 3 aliphatic rings. The third-order valence-corrected chi connectivity index (χ3v) is 5.52. The molecular weight excluding hydrogens is 258 g/mol. The maximum atomic E-state index is 3.83. The molecular formula is C18H27N3. The molecule has 1 N–H and O–H groups in total. The van der Waals surface area contributed by atoms with Crippen LogP contribution >= 0.6 is 0 Å². The first-order valence-corrected chi connectivity index (χ1v) is 8.67. The molecule has 0 aromatic heterocycles. The Kier molecular flexibility index (Phi) is 3.87. The van der Waals surface area contributed by atoms with Gasteiger partial charge in [-0.2, -0.15) is 0 Å². The van der Waals surface area contributed by atoms with Crippen LogP contribution in [0.5, 0.6) is 0 Å². The Balaban J connectivity index is 1.40. The van der Waals surface area contributed by atoms with Gasteiger partial charge in [-0.15, -0.1) is 0 Å². The summed E-state index contributed by atoms with van der Waals surface area (Å²) in [6.45, 7) is 7.58. The van der Waals surface area contributed by atoms with E-state index >= 15 is 0 Å². The summed E-state index contributed by atoms with van der Waals surface area (Å²) >= 11 is 0. The molecule has 0 saturated carbocycles. The van der Waals surface area contributed by atoms with Crippen molar-refractivity contribution in [2.75, 3.05) is 38.0 Å². The van der Waals surface area contributed by atoms with Crippen LogP contribution in [0.15, 0.2) is 24.3 Å². The predicted octanol–water partition coefficient (Wildman–Crippen LogP) is 2.79. The van der Waals surface area contributed by atoms with Crippen molar-refractivity contribution in [2.24, 2.45) is 5.92 Å². The molecule has 3 heteroatoms. The van der Waals surface area contributed by atoms with Gasteiger partial charge in [0.2, 0.25) is 0 Å². The predicted molar refractivity (Wildman–Crippen MR) is 87.5 cm³/mol. The Morgan fingerprint density at radius 2 is 1.90 bits per heavy atom. The minimum atomic E-state index is 0.686. The third-order valence-electron chi connectivity index (χ3n) is 5.52. The standard InChI is InChI=1S/C18H27N3/c1-2-9-20(8-1)13-15-4-3-5-17(12-15)19-18-7-11-21-10-6-16(18)14-21/h3-5,12,16,18-19H,1-2,6-11,13-14H2. The van der Waals surface area contributed by atoms with E-state index in [4.69, 9.17) is 0 Å². The molecule has 114 valence electrons. The van der Waals surface area contributed by atoms with Gasteiger partial charge in [-0.3, -0.25) is 4.90 Å². The van der Waals surface area contributed by atoms with Crippen LogP contribution in [0, 0.1) is 5.92 Å². The second-order valence-corrected chi connectivity index (χ2v) is 7.07. The first kappa shape index (κ1) is 13.6. The first-order chi connectivity index (χ1) is 10.4. The monoisotopic (exact) mass is 285 g/mol. The summed E-state index contributed by atoms with van der Waals surface area (Å²) in [5.74, 6) is 0.862. The minimum absolute atomic E-state index is 0.686. The molecule has 0 aliphatic carbocycles. The van der Waals surface area contributed by atoms with Crippen molar-refractivity contribution in [1.82, 2.24) is 9.80 Å². The SMILES string of the molecule is c1cc(CN2CCCC2)cc(NC2CCN3CCC2C3)c1. The lowest BCUT2D eigenvalue weighted by atomic mass is 9.94. The fraction of sp³-hybridized carbons (Fsp3) is 0.667. The van der Waals surface area contributed by atoms with Gasteiger partial charge in [-0.1, -0.05) is 12.1 Å². The molecule has 0 spiro atoms. The van der Waals surface area contributed by atoms with Crippen LogP contribution in [0.1, 0.15) is 31.2 Å². The summed E-state index contributed by atoms with van der Waals surface area (Å²) in [4.78, 5) is 5.20. The Morgan fingerprint density at radius 3 is 2.81 bits per heavy atom. The number of benzene rings is 1. The fourth-order valence-electron chi connectivity index (χ4n) is 4.31. The largest absolute Gasteiger partial charge is 0.382 e. The molecule has 2 bridgehead atoms. The topological polar surface area (TPSA) is 18.5 Å². The summed E-state index contributed by atoms with van der Waals surface area (Å²) in [6.07, 6.45) is 5.43. The lowest BCUT2D eigenvalue weighted by Gasteiger charge is -2.31. The quantitative estimate of drug-likeness (QED) is 0.918. The van der Waals surface area contributed by atoms with E-state index in [1.54, 1.807) is 0 Å². The van der Waals surface area contributed by atoms with E-state index in [0.29, 0.717) is 6.04 Å². The molecule has 3 nitrogen and oxygen atoms in total. The molecule has 21 heavy (non-hydrogen) atoms. The number of piperidine rings is 1. The van der Waals surface area contributed by atoms with Crippen LogP contribution in [0.4, 0.5) is 5.69 Å². The van der Waals surface area contributed by atoms with Gasteiger partial charge in [0.25, 0.3) is 0 Å². The van der Waals surface area contributed by atoms with E-state index in [2.05, 4.69) is 39.4 Å². The highest BCUT2D eigenvalue weighted by molar-refractivity contribution is 5.47. The summed E-state index contributed by atoms with van der Waals surface area (Å²) in [7, 11) is 0. The third kappa shape index (κ3) is 3.09. The van der Waals surface area contributed by atoms with E-state index in [9.17, 15) is 0 Å². The molecule has 3 aliphatic heterocycles. The molecule has 3 unspecified atom stereocenters. The van der Waals surface area contributed by atoms with Gasteiger partial charge in [0.05, 0.1) is 0 Å². The molecule has 3 heterocycles. The number of fused-ring (bicyclic) bond motifs is 2. The molecule has 4 rings (SSSR count). The van der Waals surface area contributed by atoms with Crippen LogP contribution < -0.4 is 5.32 Å². The van der Waals surface area contributed by atoms with E-state index in [1.807, 2.05) is 0 Å². The number of anilines is 1. The average molecular weight is 285 g/mol. The average Bonchev–Trinajstić information content (AvgIpc) is 3.13. The van der Waals surface area contributed by atoms with Crippen molar-refractivity contribution in [1.29, 1.82) is 0 Å². The molecule has 1 aromatic carbocycles. The van der Waals surface area contributed by atoms with Gasteiger partial charge >= 0.3 is 0 Å². The van der Waals surface area contributed by atoms with E-state index in [-0.39, 0.29) is 0 Å². The second kappa shape index (κ2) is 5.98. The summed E-state index contributed by atoms with van der Waals surface area (Å²) in [5.41, 5.74) is 2.79. The second-order valence-electron chi connectivity index (χ2n) is 7.07. The van der Waals surface area contributed by atoms with E-state index in [0.717, 1.165) is 12.5 Å². The van der Waals surface area contributed by atoms with Crippen LogP contribution in [-0.2, 0) is 6.54 Å². The summed E-state index contributed by atoms with van der Waals surface area (Å²) in [5, 5.41) is 3.83. The number of nitrogens with one attached hydrogen (secondary N) is 1. The van der Waals surface area contributed by atoms with Gasteiger partial charge in [0, 0.05) is 31.4 Å². The van der Waals surface area contributed by atoms with Gasteiger partial charge in [-0.25, -0.2) is 0 Å². The Morgan fingerprint density at radius 1 is 1.05 bits per heavy atom. The van der Waals surface area contributed by atoms with Crippen LogP contribution in [-0.4, -0.2) is 48.6 Å². The first-order valence-electron chi connectivity index (χ1n) is 8.67. The maximum absolute atomic E-state index is 3.83.